The van der Waals surface area contributed by atoms with Crippen molar-refractivity contribution in [1.82, 2.24) is 9.97 Å². The van der Waals surface area contributed by atoms with Crippen LogP contribution in [0, 0.1) is 0 Å². The predicted molar refractivity (Wildman–Crippen MR) is 135 cm³/mol. The van der Waals surface area contributed by atoms with Crippen LogP contribution in [0.4, 0.5) is 5.69 Å². The summed E-state index contributed by atoms with van der Waals surface area (Å²) in [5, 5.41) is 2.60. The monoisotopic (exact) mass is 547 g/mol. The van der Waals surface area contributed by atoms with Crippen molar-refractivity contribution in [1.29, 1.82) is 0 Å². The fraction of sp³-hybridized carbons (Fsp3) is 0.167. The number of carbonyl (C=O) groups is 2. The Morgan fingerprint density at radius 1 is 1.11 bits per heavy atom. The summed E-state index contributed by atoms with van der Waals surface area (Å²) < 4.78 is 35.7. The summed E-state index contributed by atoms with van der Waals surface area (Å²) in [5.74, 6) is -1.35. The van der Waals surface area contributed by atoms with Crippen LogP contribution in [-0.2, 0) is 9.84 Å². The molecule has 0 bridgehead atoms. The lowest BCUT2D eigenvalue weighted by Crippen LogP contribution is -2.19. The summed E-state index contributed by atoms with van der Waals surface area (Å²) in [5.41, 5.74) is 0.247. The van der Waals surface area contributed by atoms with Crippen LogP contribution >= 0.6 is 23.2 Å². The number of hydrogen-bond donors (Lipinski definition) is 1. The van der Waals surface area contributed by atoms with Gasteiger partial charge in [-0.15, -0.1) is 0 Å². The van der Waals surface area contributed by atoms with Crippen molar-refractivity contribution in [2.24, 2.45) is 0 Å². The van der Waals surface area contributed by atoms with Gasteiger partial charge in [0.05, 0.1) is 34.8 Å². The van der Waals surface area contributed by atoms with E-state index in [-0.39, 0.29) is 38.5 Å². The lowest BCUT2D eigenvalue weighted by atomic mass is 10.1. The molecule has 2 aromatic carbocycles. The van der Waals surface area contributed by atoms with Crippen LogP contribution in [0.3, 0.4) is 0 Å². The zero-order valence-corrected chi connectivity index (χ0v) is 21.4. The molecular weight excluding hydrogens is 529 g/mol. The van der Waals surface area contributed by atoms with Crippen LogP contribution in [0.1, 0.15) is 40.0 Å². The molecule has 0 saturated carbocycles. The molecule has 2 heterocycles. The van der Waals surface area contributed by atoms with E-state index in [0.717, 1.165) is 6.20 Å². The first-order valence-electron chi connectivity index (χ1n) is 10.6. The number of ketones is 1. The number of nitrogens with zero attached hydrogens (tertiary/aromatic N) is 2. The molecule has 0 aliphatic rings. The second-order valence-electron chi connectivity index (χ2n) is 7.60. The van der Waals surface area contributed by atoms with E-state index >= 15 is 0 Å². The maximum atomic E-state index is 13.4. The number of methoxy groups -OCH3 is 1. The van der Waals surface area contributed by atoms with Crippen molar-refractivity contribution in [3.63, 3.8) is 0 Å². The van der Waals surface area contributed by atoms with Gasteiger partial charge in [0.1, 0.15) is 11.3 Å². The Kier molecular flexibility index (Phi) is 7.30. The minimum Gasteiger partial charge on any atom is -0.495 e. The molecule has 1 N–H and O–H groups in total. The van der Waals surface area contributed by atoms with Crippen molar-refractivity contribution >= 4 is 61.4 Å². The number of rotatable bonds is 8. The van der Waals surface area contributed by atoms with Gasteiger partial charge < -0.3 is 14.5 Å². The molecule has 12 heteroatoms. The van der Waals surface area contributed by atoms with Crippen LogP contribution in [-0.4, -0.2) is 42.9 Å². The summed E-state index contributed by atoms with van der Waals surface area (Å²) in [6, 6.07) is 11.2. The molecule has 4 aromatic rings. The van der Waals surface area contributed by atoms with Crippen molar-refractivity contribution in [2.75, 3.05) is 18.2 Å². The molecule has 0 atom stereocenters. The van der Waals surface area contributed by atoms with Crippen LogP contribution in [0.15, 0.2) is 58.2 Å². The van der Waals surface area contributed by atoms with Gasteiger partial charge in [-0.3, -0.25) is 9.59 Å². The Hall–Kier alpha value is -3.47. The fourth-order valence-corrected chi connectivity index (χ4v) is 5.06. The molecule has 0 unspecified atom stereocenters. The molecule has 4 rings (SSSR count). The number of para-hydroxylation sites is 1. The molecular formula is C24H19Cl2N3O6S. The van der Waals surface area contributed by atoms with E-state index in [0.29, 0.717) is 23.1 Å². The Labute approximate surface area is 216 Å². The highest BCUT2D eigenvalue weighted by Crippen LogP contribution is 2.34. The van der Waals surface area contributed by atoms with E-state index in [2.05, 4.69) is 15.3 Å². The standard InChI is InChI=1S/C24H19Cl2N3O6S/c1-3-10-36(32,33)24-27-12-16(26)20(29-24)23(31)28-19-14-6-4-5-7-17(14)35-22(19)21(30)13-8-9-18(34-2)15(25)11-13/h4-9,11-12H,3,10H2,1-2H3,(H,28,31). The number of ether oxygens (including phenoxy) is 1. The molecule has 0 saturated heterocycles. The van der Waals surface area contributed by atoms with Crippen molar-refractivity contribution in [2.45, 2.75) is 18.5 Å². The van der Waals surface area contributed by atoms with Crippen LogP contribution < -0.4 is 10.1 Å². The van der Waals surface area contributed by atoms with Crippen molar-refractivity contribution in [3.8, 4) is 5.75 Å². The maximum absolute atomic E-state index is 13.4. The number of benzene rings is 2. The molecule has 0 aliphatic heterocycles. The van der Waals surface area contributed by atoms with Crippen LogP contribution in [0.2, 0.25) is 10.0 Å². The van der Waals surface area contributed by atoms with E-state index in [1.54, 1.807) is 31.2 Å². The van der Waals surface area contributed by atoms with Gasteiger partial charge in [0.15, 0.2) is 11.5 Å². The number of aromatic nitrogens is 2. The van der Waals surface area contributed by atoms with Crippen LogP contribution in [0.5, 0.6) is 5.75 Å². The maximum Gasteiger partial charge on any atom is 0.276 e. The molecule has 36 heavy (non-hydrogen) atoms. The minimum absolute atomic E-state index is 0.0696. The Balaban J connectivity index is 1.77. The Bertz CT molecular complexity index is 1600. The van der Waals surface area contributed by atoms with Gasteiger partial charge in [-0.05, 0) is 36.8 Å². The van der Waals surface area contributed by atoms with E-state index in [4.69, 9.17) is 32.4 Å². The largest absolute Gasteiger partial charge is 0.495 e. The number of furan rings is 1. The second kappa shape index (κ2) is 10.3. The van der Waals surface area contributed by atoms with Gasteiger partial charge in [-0.1, -0.05) is 42.3 Å². The smallest absolute Gasteiger partial charge is 0.276 e. The third-order valence-electron chi connectivity index (χ3n) is 5.14. The highest BCUT2D eigenvalue weighted by Gasteiger charge is 2.27. The number of carbonyl (C=O) groups excluding carboxylic acids is 2. The molecule has 186 valence electrons. The number of fused-ring (bicyclic) bond motifs is 1. The van der Waals surface area contributed by atoms with Crippen molar-refractivity contribution in [3.05, 3.63) is 75.7 Å². The van der Waals surface area contributed by atoms with Gasteiger partial charge >= 0.3 is 0 Å². The summed E-state index contributed by atoms with van der Waals surface area (Å²) in [6.45, 7) is 1.69. The Morgan fingerprint density at radius 3 is 2.56 bits per heavy atom. The summed E-state index contributed by atoms with van der Waals surface area (Å²) in [6.07, 6.45) is 1.39. The van der Waals surface area contributed by atoms with Gasteiger partial charge in [0.2, 0.25) is 20.8 Å². The van der Waals surface area contributed by atoms with E-state index in [1.807, 2.05) is 0 Å². The first kappa shape index (κ1) is 25.6. The van der Waals surface area contributed by atoms with Gasteiger partial charge in [-0.2, -0.15) is 0 Å². The molecule has 1 amide bonds. The fourth-order valence-electron chi connectivity index (χ4n) is 3.46. The zero-order chi connectivity index (χ0) is 26.0. The average Bonchev–Trinajstić information content (AvgIpc) is 3.21. The summed E-state index contributed by atoms with van der Waals surface area (Å²) in [4.78, 5) is 34.2. The number of nitrogens with one attached hydrogen (secondary N) is 1. The highest BCUT2D eigenvalue weighted by molar-refractivity contribution is 7.91. The molecule has 0 aliphatic carbocycles. The second-order valence-corrected chi connectivity index (χ2v) is 10.4. The van der Waals surface area contributed by atoms with Gasteiger partial charge in [-0.25, -0.2) is 18.4 Å². The molecule has 9 nitrogen and oxygen atoms in total. The first-order chi connectivity index (χ1) is 17.2. The third-order valence-corrected chi connectivity index (χ3v) is 7.41. The lowest BCUT2D eigenvalue weighted by Gasteiger charge is -2.09. The number of halogens is 2. The summed E-state index contributed by atoms with van der Waals surface area (Å²) in [7, 11) is -2.35. The molecule has 0 radical (unpaired) electrons. The quantitative estimate of drug-likeness (QED) is 0.235. The minimum atomic E-state index is -3.80. The third kappa shape index (κ3) is 4.92. The van der Waals surface area contributed by atoms with Gasteiger partial charge in [0.25, 0.3) is 5.91 Å². The summed E-state index contributed by atoms with van der Waals surface area (Å²) >= 11 is 12.3. The molecule has 0 fully saturated rings. The zero-order valence-electron chi connectivity index (χ0n) is 19.0. The number of hydrogen-bond acceptors (Lipinski definition) is 8. The predicted octanol–water partition coefficient (Wildman–Crippen LogP) is 5.21. The number of anilines is 1. The average molecular weight is 548 g/mol. The van der Waals surface area contributed by atoms with Crippen molar-refractivity contribution < 1.29 is 27.2 Å². The highest BCUT2D eigenvalue weighted by atomic mass is 35.5. The SMILES string of the molecule is CCCS(=O)(=O)c1ncc(Cl)c(C(=O)Nc2c(C(=O)c3ccc(OC)c(Cl)c3)oc3ccccc23)n1. The lowest BCUT2D eigenvalue weighted by molar-refractivity contribution is 0.101. The number of amides is 1. The molecule has 2 aromatic heterocycles. The van der Waals surface area contributed by atoms with E-state index < -0.39 is 26.7 Å². The Morgan fingerprint density at radius 2 is 1.86 bits per heavy atom. The van der Waals surface area contributed by atoms with Crippen LogP contribution in [0.25, 0.3) is 11.0 Å². The molecule has 0 spiro atoms. The number of sulfone groups is 1. The topological polar surface area (TPSA) is 128 Å². The van der Waals surface area contributed by atoms with Gasteiger partial charge in [0, 0.05) is 10.9 Å². The van der Waals surface area contributed by atoms with E-state index in [1.165, 1.54) is 25.3 Å². The van der Waals surface area contributed by atoms with E-state index in [9.17, 15) is 18.0 Å². The first-order valence-corrected chi connectivity index (χ1v) is 13.0. The normalized spacial score (nSPS) is 11.4.